The van der Waals surface area contributed by atoms with E-state index < -0.39 is 24.2 Å². The molecule has 0 radical (unpaired) electrons. The van der Waals surface area contributed by atoms with Crippen LogP contribution in [0.3, 0.4) is 0 Å². The highest BCUT2D eigenvalue weighted by molar-refractivity contribution is 9.10. The van der Waals surface area contributed by atoms with Crippen LogP contribution in [0.5, 0.6) is 0 Å². The van der Waals surface area contributed by atoms with Crippen molar-refractivity contribution in [2.45, 2.75) is 24.9 Å². The lowest BCUT2D eigenvalue weighted by Gasteiger charge is -2.34. The maximum Gasteiger partial charge on any atom is 0.416 e. The second-order valence-corrected chi connectivity index (χ2v) is 5.40. The second-order valence-electron chi connectivity index (χ2n) is 4.55. The molecule has 0 unspecified atom stereocenters. The minimum atomic E-state index is -4.44. The number of halogens is 6. The third-order valence-corrected chi connectivity index (χ3v) is 3.64. The van der Waals surface area contributed by atoms with E-state index in [4.69, 9.17) is 0 Å². The largest absolute Gasteiger partial charge is 0.416 e. The normalized spacial score (nSPS) is 19.6. The van der Waals surface area contributed by atoms with Gasteiger partial charge in [0.1, 0.15) is 0 Å². The zero-order valence-corrected chi connectivity index (χ0v) is 11.4. The van der Waals surface area contributed by atoms with Gasteiger partial charge in [0, 0.05) is 17.4 Å². The molecule has 0 bridgehead atoms. The summed E-state index contributed by atoms with van der Waals surface area (Å²) < 4.78 is 64.3. The van der Waals surface area contributed by atoms with E-state index in [0.717, 1.165) is 12.1 Å². The standard InChI is InChI=1S/C12H11BrF5N/c13-9-6-8(12(16,17)18)2-3-10(9)19-5-1-4-11(14,15)7-19/h2-3,6H,1,4-5,7H2. The fraction of sp³-hybridized carbons (Fsp3) is 0.500. The van der Waals surface area contributed by atoms with Gasteiger partial charge in [0.05, 0.1) is 17.8 Å². The van der Waals surface area contributed by atoms with Gasteiger partial charge in [-0.2, -0.15) is 13.2 Å². The molecular formula is C12H11BrF5N. The van der Waals surface area contributed by atoms with Crippen molar-refractivity contribution in [3.63, 3.8) is 0 Å². The smallest absolute Gasteiger partial charge is 0.365 e. The molecule has 1 aliphatic heterocycles. The Morgan fingerprint density at radius 2 is 1.89 bits per heavy atom. The average molecular weight is 344 g/mol. The molecule has 0 aliphatic carbocycles. The first kappa shape index (κ1) is 14.6. The van der Waals surface area contributed by atoms with E-state index in [-0.39, 0.29) is 10.9 Å². The summed E-state index contributed by atoms with van der Waals surface area (Å²) in [4.78, 5) is 1.41. The number of anilines is 1. The highest BCUT2D eigenvalue weighted by Gasteiger charge is 2.36. The zero-order valence-electron chi connectivity index (χ0n) is 9.78. The van der Waals surface area contributed by atoms with Gasteiger partial charge in [-0.25, -0.2) is 8.78 Å². The molecule has 1 nitrogen and oxygen atoms in total. The van der Waals surface area contributed by atoms with Crippen molar-refractivity contribution in [3.05, 3.63) is 28.2 Å². The fourth-order valence-electron chi connectivity index (χ4n) is 2.11. The lowest BCUT2D eigenvalue weighted by molar-refractivity contribution is -0.137. The van der Waals surface area contributed by atoms with Crippen LogP contribution in [0, 0.1) is 0 Å². The Labute approximate surface area is 115 Å². The van der Waals surface area contributed by atoms with E-state index in [1.54, 1.807) is 0 Å². The fourth-order valence-corrected chi connectivity index (χ4v) is 2.74. The van der Waals surface area contributed by atoms with E-state index in [1.165, 1.54) is 11.0 Å². The van der Waals surface area contributed by atoms with Crippen LogP contribution in [0.15, 0.2) is 22.7 Å². The molecule has 2 rings (SSSR count). The lowest BCUT2D eigenvalue weighted by atomic mass is 10.1. The van der Waals surface area contributed by atoms with Gasteiger partial charge in [-0.05, 0) is 40.5 Å². The van der Waals surface area contributed by atoms with E-state index >= 15 is 0 Å². The van der Waals surface area contributed by atoms with Gasteiger partial charge < -0.3 is 4.90 Å². The first-order valence-electron chi connectivity index (χ1n) is 5.69. The van der Waals surface area contributed by atoms with Crippen LogP contribution in [0.1, 0.15) is 18.4 Å². The van der Waals surface area contributed by atoms with Crippen LogP contribution in [0.4, 0.5) is 27.6 Å². The summed E-state index contributed by atoms with van der Waals surface area (Å²) >= 11 is 3.03. The van der Waals surface area contributed by atoms with E-state index in [0.29, 0.717) is 18.7 Å². The van der Waals surface area contributed by atoms with Gasteiger partial charge in [-0.15, -0.1) is 0 Å². The third kappa shape index (κ3) is 3.38. The number of alkyl halides is 5. The van der Waals surface area contributed by atoms with Gasteiger partial charge in [0.2, 0.25) is 0 Å². The predicted octanol–water partition coefficient (Wildman–Crippen LogP) is 4.70. The van der Waals surface area contributed by atoms with Crippen molar-refractivity contribution in [1.29, 1.82) is 0 Å². The van der Waals surface area contributed by atoms with Gasteiger partial charge in [-0.1, -0.05) is 0 Å². The summed E-state index contributed by atoms with van der Waals surface area (Å²) in [5, 5.41) is 0. The Morgan fingerprint density at radius 3 is 2.42 bits per heavy atom. The third-order valence-electron chi connectivity index (χ3n) is 3.01. The van der Waals surface area contributed by atoms with Crippen LogP contribution in [-0.4, -0.2) is 19.0 Å². The second kappa shape index (κ2) is 4.92. The first-order chi connectivity index (χ1) is 8.69. The molecule has 0 saturated carbocycles. The molecule has 106 valence electrons. The van der Waals surface area contributed by atoms with Crippen molar-refractivity contribution in [2.75, 3.05) is 18.0 Å². The van der Waals surface area contributed by atoms with Gasteiger partial charge in [0.15, 0.2) is 0 Å². The molecule has 0 spiro atoms. The number of nitrogens with zero attached hydrogens (tertiary/aromatic N) is 1. The summed E-state index contributed by atoms with van der Waals surface area (Å²) in [6.45, 7) is -0.0451. The maximum atomic E-state index is 13.3. The number of hydrogen-bond donors (Lipinski definition) is 0. The molecule has 0 aromatic heterocycles. The van der Waals surface area contributed by atoms with E-state index in [9.17, 15) is 22.0 Å². The van der Waals surface area contributed by atoms with Crippen LogP contribution in [0.2, 0.25) is 0 Å². The Bertz CT molecular complexity index is 472. The summed E-state index contributed by atoms with van der Waals surface area (Å²) in [6.07, 6.45) is -4.30. The molecule has 1 saturated heterocycles. The summed E-state index contributed by atoms with van der Waals surface area (Å²) in [5.74, 6) is -2.79. The number of benzene rings is 1. The topological polar surface area (TPSA) is 3.24 Å². The van der Waals surface area contributed by atoms with Crippen molar-refractivity contribution < 1.29 is 22.0 Å². The molecule has 1 aromatic carbocycles. The highest BCUT2D eigenvalue weighted by atomic mass is 79.9. The monoisotopic (exact) mass is 343 g/mol. The van der Waals surface area contributed by atoms with Crippen LogP contribution >= 0.6 is 15.9 Å². The number of piperidine rings is 1. The van der Waals surface area contributed by atoms with Crippen molar-refractivity contribution >= 4 is 21.6 Å². The lowest BCUT2D eigenvalue weighted by Crippen LogP contribution is -2.42. The molecule has 19 heavy (non-hydrogen) atoms. The number of hydrogen-bond acceptors (Lipinski definition) is 1. The highest BCUT2D eigenvalue weighted by Crippen LogP contribution is 2.37. The van der Waals surface area contributed by atoms with Crippen molar-refractivity contribution in [3.8, 4) is 0 Å². The Hall–Kier alpha value is -0.850. The molecule has 1 fully saturated rings. The van der Waals surface area contributed by atoms with E-state index in [2.05, 4.69) is 15.9 Å². The molecule has 0 atom stereocenters. The minimum Gasteiger partial charge on any atom is -0.365 e. The Balaban J connectivity index is 2.26. The van der Waals surface area contributed by atoms with Crippen LogP contribution in [-0.2, 0) is 6.18 Å². The Kier molecular flexibility index (Phi) is 3.77. The first-order valence-corrected chi connectivity index (χ1v) is 6.48. The molecule has 1 aromatic rings. The molecule has 1 heterocycles. The molecule has 0 amide bonds. The predicted molar refractivity (Wildman–Crippen MR) is 65.5 cm³/mol. The van der Waals surface area contributed by atoms with Gasteiger partial charge >= 0.3 is 6.18 Å². The molecule has 7 heteroatoms. The number of rotatable bonds is 1. The van der Waals surface area contributed by atoms with Gasteiger partial charge in [0.25, 0.3) is 5.92 Å². The summed E-state index contributed by atoms with van der Waals surface area (Å²) in [5.41, 5.74) is -0.431. The molecule has 0 N–H and O–H groups in total. The molecular weight excluding hydrogens is 333 g/mol. The van der Waals surface area contributed by atoms with Crippen LogP contribution < -0.4 is 4.90 Å². The van der Waals surface area contributed by atoms with Crippen molar-refractivity contribution in [1.82, 2.24) is 0 Å². The summed E-state index contributed by atoms with van der Waals surface area (Å²) in [6, 6.07) is 3.06. The van der Waals surface area contributed by atoms with Gasteiger partial charge in [-0.3, -0.25) is 0 Å². The van der Waals surface area contributed by atoms with Crippen molar-refractivity contribution in [2.24, 2.45) is 0 Å². The quantitative estimate of drug-likeness (QED) is 0.668. The Morgan fingerprint density at radius 1 is 1.21 bits per heavy atom. The molecule has 1 aliphatic rings. The van der Waals surface area contributed by atoms with Crippen LogP contribution in [0.25, 0.3) is 0 Å². The summed E-state index contributed by atoms with van der Waals surface area (Å²) in [7, 11) is 0. The SMILES string of the molecule is FC1(F)CCCN(c2ccc(C(F)(F)F)cc2Br)C1. The minimum absolute atomic E-state index is 0.179. The maximum absolute atomic E-state index is 13.3. The zero-order chi connectivity index (χ0) is 14.3. The van der Waals surface area contributed by atoms with E-state index in [1.807, 2.05) is 0 Å². The average Bonchev–Trinajstić information content (AvgIpc) is 2.26.